The molecule has 0 fully saturated rings. The number of carbonyl (C=O) groups excluding carboxylic acids is 1. The van der Waals surface area contributed by atoms with Crippen molar-refractivity contribution in [2.24, 2.45) is 5.16 Å². The van der Waals surface area contributed by atoms with E-state index in [2.05, 4.69) is 15.6 Å². The number of rotatable bonds is 5. The van der Waals surface area contributed by atoms with Crippen LogP contribution in [0.1, 0.15) is 11.3 Å². The third kappa shape index (κ3) is 4.47. The molecule has 110 valence electrons. The molecule has 2 aromatic rings. The lowest BCUT2D eigenvalue weighted by Crippen LogP contribution is -2.17. The van der Waals surface area contributed by atoms with Crippen LogP contribution in [0, 0.1) is 6.92 Å². The van der Waals surface area contributed by atoms with Gasteiger partial charge in [-0.2, -0.15) is 0 Å². The average Bonchev–Trinajstić information content (AvgIpc) is 2.84. The number of nitrogens with one attached hydrogen (secondary N) is 1. The second-order valence-corrected chi connectivity index (χ2v) is 4.81. The molecule has 6 nitrogen and oxygen atoms in total. The summed E-state index contributed by atoms with van der Waals surface area (Å²) in [7, 11) is 0. The molecule has 0 aliphatic carbocycles. The van der Waals surface area contributed by atoms with E-state index in [1.165, 1.54) is 6.21 Å². The van der Waals surface area contributed by atoms with E-state index in [-0.39, 0.29) is 6.61 Å². The molecular weight excluding hydrogens is 317 g/mol. The summed E-state index contributed by atoms with van der Waals surface area (Å²) in [6, 6.07) is 6.71. The first-order valence-electron chi connectivity index (χ1n) is 5.89. The Morgan fingerprint density at radius 1 is 1.52 bits per heavy atom. The van der Waals surface area contributed by atoms with Gasteiger partial charge in [0.25, 0.3) is 5.91 Å². The number of benzene rings is 1. The summed E-state index contributed by atoms with van der Waals surface area (Å²) in [5, 5.41) is 10.6. The van der Waals surface area contributed by atoms with Crippen LogP contribution in [0.3, 0.4) is 0 Å². The fourth-order valence-electron chi connectivity index (χ4n) is 1.41. The Morgan fingerprint density at radius 3 is 3.05 bits per heavy atom. The van der Waals surface area contributed by atoms with Crippen molar-refractivity contribution in [1.29, 1.82) is 0 Å². The number of amides is 1. The highest BCUT2D eigenvalue weighted by Crippen LogP contribution is 2.24. The molecule has 0 aliphatic rings. The van der Waals surface area contributed by atoms with E-state index >= 15 is 0 Å². The highest BCUT2D eigenvalue weighted by atomic mass is 35.5. The van der Waals surface area contributed by atoms with Crippen LogP contribution in [0.4, 0.5) is 5.82 Å². The molecule has 0 atom stereocenters. The summed E-state index contributed by atoms with van der Waals surface area (Å²) in [5.74, 6) is 0.514. The first-order chi connectivity index (χ1) is 10.1. The maximum Gasteiger partial charge on any atom is 0.266 e. The maximum absolute atomic E-state index is 11.5. The van der Waals surface area contributed by atoms with Crippen molar-refractivity contribution < 1.29 is 14.2 Å². The second kappa shape index (κ2) is 7.10. The van der Waals surface area contributed by atoms with E-state index < -0.39 is 5.91 Å². The molecule has 2 rings (SSSR count). The summed E-state index contributed by atoms with van der Waals surface area (Å²) in [6.07, 6.45) is 1.38. The molecule has 21 heavy (non-hydrogen) atoms. The van der Waals surface area contributed by atoms with Crippen LogP contribution < -0.4 is 5.32 Å². The molecule has 1 N–H and O–H groups in total. The molecule has 0 unspecified atom stereocenters. The Kier molecular flexibility index (Phi) is 5.19. The number of nitrogens with zero attached hydrogens (tertiary/aromatic N) is 2. The predicted molar refractivity (Wildman–Crippen MR) is 79.9 cm³/mol. The summed E-state index contributed by atoms with van der Waals surface area (Å²) in [4.78, 5) is 16.4. The van der Waals surface area contributed by atoms with Gasteiger partial charge in [0, 0.05) is 11.6 Å². The molecule has 1 amide bonds. The Morgan fingerprint density at radius 2 is 2.33 bits per heavy atom. The Bertz CT molecular complexity index is 670. The average molecular weight is 328 g/mol. The number of halogens is 2. The van der Waals surface area contributed by atoms with Gasteiger partial charge in [0.1, 0.15) is 5.76 Å². The molecule has 0 saturated carbocycles. The monoisotopic (exact) mass is 327 g/mol. The smallest absolute Gasteiger partial charge is 0.266 e. The predicted octanol–water partition coefficient (Wildman–Crippen LogP) is 3.28. The first kappa shape index (κ1) is 15.3. The zero-order valence-corrected chi connectivity index (χ0v) is 12.5. The summed E-state index contributed by atoms with van der Waals surface area (Å²) in [6.45, 7) is 1.46. The van der Waals surface area contributed by atoms with Crippen LogP contribution in [0.2, 0.25) is 10.0 Å². The molecular formula is C13H11Cl2N3O3. The van der Waals surface area contributed by atoms with Crippen molar-refractivity contribution in [2.75, 3.05) is 11.9 Å². The van der Waals surface area contributed by atoms with Gasteiger partial charge in [-0.1, -0.05) is 45.6 Å². The summed E-state index contributed by atoms with van der Waals surface area (Å²) >= 11 is 11.8. The lowest BCUT2D eigenvalue weighted by molar-refractivity contribution is -0.120. The van der Waals surface area contributed by atoms with E-state index in [0.717, 1.165) is 0 Å². The lowest BCUT2D eigenvalue weighted by atomic mass is 10.2. The van der Waals surface area contributed by atoms with Gasteiger partial charge in [-0.25, -0.2) is 0 Å². The number of aryl methyl sites for hydroxylation is 1. The van der Waals surface area contributed by atoms with Gasteiger partial charge in [0.05, 0.1) is 16.3 Å². The fraction of sp³-hybridized carbons (Fsp3) is 0.154. The number of oxime groups is 1. The number of anilines is 1. The van der Waals surface area contributed by atoms with E-state index in [9.17, 15) is 4.79 Å². The van der Waals surface area contributed by atoms with Gasteiger partial charge in [-0.05, 0) is 13.0 Å². The van der Waals surface area contributed by atoms with E-state index in [1.54, 1.807) is 31.2 Å². The third-order valence-electron chi connectivity index (χ3n) is 2.34. The minimum atomic E-state index is -0.405. The number of carbonyl (C=O) groups is 1. The minimum Gasteiger partial charge on any atom is -0.386 e. The normalized spacial score (nSPS) is 10.8. The molecule has 0 aliphatic heterocycles. The first-order valence-corrected chi connectivity index (χ1v) is 6.64. The van der Waals surface area contributed by atoms with Crippen LogP contribution in [0.25, 0.3) is 0 Å². The van der Waals surface area contributed by atoms with Gasteiger partial charge in [-0.15, -0.1) is 0 Å². The highest BCUT2D eigenvalue weighted by Gasteiger charge is 2.06. The van der Waals surface area contributed by atoms with Crippen molar-refractivity contribution in [3.63, 3.8) is 0 Å². The maximum atomic E-state index is 11.5. The van der Waals surface area contributed by atoms with Crippen LogP contribution in [-0.4, -0.2) is 23.9 Å². The van der Waals surface area contributed by atoms with E-state index in [0.29, 0.717) is 27.2 Å². The second-order valence-electron chi connectivity index (χ2n) is 4.02. The SMILES string of the molecule is Cc1cc(NC(=O)CO/N=C\c2cccc(Cl)c2Cl)no1. The quantitative estimate of drug-likeness (QED) is 0.675. The number of hydrogen-bond acceptors (Lipinski definition) is 5. The molecule has 1 aromatic carbocycles. The topological polar surface area (TPSA) is 76.7 Å². The fourth-order valence-corrected chi connectivity index (χ4v) is 1.77. The van der Waals surface area contributed by atoms with Crippen LogP contribution >= 0.6 is 23.2 Å². The Labute approximate surface area is 130 Å². The molecule has 8 heteroatoms. The van der Waals surface area contributed by atoms with Gasteiger partial charge >= 0.3 is 0 Å². The Hall–Kier alpha value is -2.05. The van der Waals surface area contributed by atoms with Crippen LogP contribution in [-0.2, 0) is 9.63 Å². The summed E-state index contributed by atoms with van der Waals surface area (Å²) < 4.78 is 4.81. The van der Waals surface area contributed by atoms with Crippen molar-refractivity contribution in [2.45, 2.75) is 6.92 Å². The number of aromatic nitrogens is 1. The lowest BCUT2D eigenvalue weighted by Gasteiger charge is -2.01. The summed E-state index contributed by atoms with van der Waals surface area (Å²) in [5.41, 5.74) is 0.594. The zero-order chi connectivity index (χ0) is 15.2. The molecule has 1 heterocycles. The van der Waals surface area contributed by atoms with Gasteiger partial charge in [0.2, 0.25) is 0 Å². The van der Waals surface area contributed by atoms with Gasteiger partial charge in [0.15, 0.2) is 12.4 Å². The van der Waals surface area contributed by atoms with Gasteiger partial charge < -0.3 is 14.7 Å². The molecule has 0 bridgehead atoms. The van der Waals surface area contributed by atoms with Crippen molar-refractivity contribution >= 4 is 41.1 Å². The molecule has 0 spiro atoms. The Balaban J connectivity index is 1.82. The standard InChI is InChI=1S/C13H11Cl2N3O3/c1-8-5-11(18-21-8)17-12(19)7-20-16-6-9-3-2-4-10(14)13(9)15/h2-6H,7H2,1H3,(H,17,18,19)/b16-6-. The molecule has 0 saturated heterocycles. The van der Waals surface area contributed by atoms with E-state index in [1.807, 2.05) is 0 Å². The highest BCUT2D eigenvalue weighted by molar-refractivity contribution is 6.43. The zero-order valence-electron chi connectivity index (χ0n) is 11.0. The van der Waals surface area contributed by atoms with E-state index in [4.69, 9.17) is 32.6 Å². The molecule has 1 aromatic heterocycles. The van der Waals surface area contributed by atoms with Crippen molar-refractivity contribution in [1.82, 2.24) is 5.16 Å². The van der Waals surface area contributed by atoms with Crippen LogP contribution in [0.5, 0.6) is 0 Å². The largest absolute Gasteiger partial charge is 0.386 e. The number of hydrogen-bond donors (Lipinski definition) is 1. The third-order valence-corrected chi connectivity index (χ3v) is 3.17. The van der Waals surface area contributed by atoms with Crippen LogP contribution in [0.15, 0.2) is 33.9 Å². The van der Waals surface area contributed by atoms with Gasteiger partial charge in [-0.3, -0.25) is 4.79 Å². The van der Waals surface area contributed by atoms with Crippen molar-refractivity contribution in [3.8, 4) is 0 Å². The van der Waals surface area contributed by atoms with Crippen molar-refractivity contribution in [3.05, 3.63) is 45.6 Å². The minimum absolute atomic E-state index is 0.263. The molecule has 0 radical (unpaired) electrons.